The third-order valence-electron chi connectivity index (χ3n) is 4.60. The normalized spacial score (nSPS) is 22.6. The summed E-state index contributed by atoms with van der Waals surface area (Å²) in [5.41, 5.74) is -0.282. The van der Waals surface area contributed by atoms with Crippen LogP contribution in [0.15, 0.2) is 4.52 Å². The summed E-state index contributed by atoms with van der Waals surface area (Å²) in [5.74, 6) is 2.22. The van der Waals surface area contributed by atoms with Crippen LogP contribution in [0.2, 0.25) is 0 Å². The van der Waals surface area contributed by atoms with Gasteiger partial charge in [-0.2, -0.15) is 4.98 Å². The van der Waals surface area contributed by atoms with Crippen LogP contribution in [-0.2, 0) is 16.8 Å². The van der Waals surface area contributed by atoms with Crippen LogP contribution in [0.1, 0.15) is 50.2 Å². The van der Waals surface area contributed by atoms with Gasteiger partial charge in [-0.15, -0.1) is 12.4 Å². The molecule has 3 rings (SSSR count). The van der Waals surface area contributed by atoms with Crippen LogP contribution >= 0.6 is 12.4 Å². The maximum absolute atomic E-state index is 5.69. The molecule has 6 heteroatoms. The van der Waals surface area contributed by atoms with Crippen LogP contribution in [0.25, 0.3) is 0 Å². The maximum Gasteiger partial charge on any atom is 0.227 e. The van der Waals surface area contributed by atoms with Crippen LogP contribution in [0.3, 0.4) is 0 Å². The number of piperidine rings is 1. The highest BCUT2D eigenvalue weighted by Gasteiger charge is 2.40. The first-order valence-electron chi connectivity index (χ1n) is 7.41. The lowest BCUT2D eigenvalue weighted by molar-refractivity contribution is -0.0178. The number of aromatic nitrogens is 2. The second kappa shape index (κ2) is 6.87. The molecule has 0 spiro atoms. The van der Waals surface area contributed by atoms with Gasteiger partial charge in [0.1, 0.15) is 5.60 Å². The molecular weight excluding hydrogens is 278 g/mol. The van der Waals surface area contributed by atoms with Crippen molar-refractivity contribution < 1.29 is 9.26 Å². The Kier molecular flexibility index (Phi) is 5.41. The van der Waals surface area contributed by atoms with Crippen LogP contribution < -0.4 is 5.32 Å². The molecule has 1 aromatic rings. The lowest BCUT2D eigenvalue weighted by Crippen LogP contribution is -2.29. The van der Waals surface area contributed by atoms with Gasteiger partial charge in [-0.25, -0.2) is 0 Å². The summed E-state index contributed by atoms with van der Waals surface area (Å²) in [6.45, 7) is 2.21. The topological polar surface area (TPSA) is 60.2 Å². The first-order valence-corrected chi connectivity index (χ1v) is 7.41. The van der Waals surface area contributed by atoms with Gasteiger partial charge in [0.2, 0.25) is 11.7 Å². The first-order chi connectivity index (χ1) is 9.32. The molecular formula is C14H24ClN3O2. The lowest BCUT2D eigenvalue weighted by atomic mass is 9.95. The minimum Gasteiger partial charge on any atom is -0.370 e. The molecule has 2 fully saturated rings. The first kappa shape index (κ1) is 15.7. The molecule has 1 N–H and O–H groups in total. The monoisotopic (exact) mass is 301 g/mol. The van der Waals surface area contributed by atoms with E-state index in [2.05, 4.69) is 15.5 Å². The van der Waals surface area contributed by atoms with E-state index >= 15 is 0 Å². The zero-order valence-electron chi connectivity index (χ0n) is 12.1. The number of ether oxygens (including phenoxy) is 1. The number of nitrogens with zero attached hydrogens (tertiary/aromatic N) is 2. The van der Waals surface area contributed by atoms with Gasteiger partial charge in [-0.05, 0) is 57.5 Å². The molecule has 0 radical (unpaired) electrons. The largest absolute Gasteiger partial charge is 0.370 e. The summed E-state index contributed by atoms with van der Waals surface area (Å²) in [4.78, 5) is 4.61. The summed E-state index contributed by atoms with van der Waals surface area (Å²) >= 11 is 0. The zero-order chi connectivity index (χ0) is 13.1. The van der Waals surface area contributed by atoms with E-state index in [-0.39, 0.29) is 18.0 Å². The van der Waals surface area contributed by atoms with Crippen molar-refractivity contribution in [1.82, 2.24) is 15.5 Å². The van der Waals surface area contributed by atoms with E-state index in [1.165, 1.54) is 25.7 Å². The van der Waals surface area contributed by atoms with Gasteiger partial charge >= 0.3 is 0 Å². The summed E-state index contributed by atoms with van der Waals surface area (Å²) < 4.78 is 11.1. The molecule has 0 aromatic carbocycles. The van der Waals surface area contributed by atoms with E-state index < -0.39 is 0 Å². The quantitative estimate of drug-likeness (QED) is 0.925. The highest BCUT2D eigenvalue weighted by molar-refractivity contribution is 5.85. The molecule has 0 bridgehead atoms. The lowest BCUT2D eigenvalue weighted by Gasteiger charge is -2.23. The minimum absolute atomic E-state index is 0. The van der Waals surface area contributed by atoms with Gasteiger partial charge in [0.05, 0.1) is 0 Å². The Hall–Kier alpha value is -0.650. The molecule has 114 valence electrons. The molecule has 1 aliphatic heterocycles. The van der Waals surface area contributed by atoms with E-state index in [1.54, 1.807) is 7.11 Å². The van der Waals surface area contributed by atoms with Crippen LogP contribution in [0.5, 0.6) is 0 Å². The predicted molar refractivity (Wildman–Crippen MR) is 78.0 cm³/mol. The van der Waals surface area contributed by atoms with Crippen molar-refractivity contribution in [1.29, 1.82) is 0 Å². The van der Waals surface area contributed by atoms with Gasteiger partial charge in [-0.3, -0.25) is 0 Å². The standard InChI is InChI=1S/C14H23N3O2.ClH/c1-18-14(6-2-3-7-14)13-16-12(19-17-13)10-11-4-8-15-9-5-11;/h11,15H,2-10H2,1H3;1H. The van der Waals surface area contributed by atoms with Crippen molar-refractivity contribution in [3.05, 3.63) is 11.7 Å². The second-order valence-corrected chi connectivity index (χ2v) is 5.81. The summed E-state index contributed by atoms with van der Waals surface area (Å²) in [7, 11) is 1.76. The molecule has 0 unspecified atom stereocenters. The molecule has 0 amide bonds. The van der Waals surface area contributed by atoms with E-state index in [9.17, 15) is 0 Å². The second-order valence-electron chi connectivity index (χ2n) is 5.81. The Labute approximate surface area is 126 Å². The average molecular weight is 302 g/mol. The minimum atomic E-state index is -0.282. The van der Waals surface area contributed by atoms with Crippen LogP contribution in [0.4, 0.5) is 0 Å². The number of halogens is 1. The number of rotatable bonds is 4. The Morgan fingerprint density at radius 1 is 1.30 bits per heavy atom. The van der Waals surface area contributed by atoms with E-state index in [0.717, 1.165) is 44.1 Å². The zero-order valence-corrected chi connectivity index (χ0v) is 12.9. The fourth-order valence-electron chi connectivity index (χ4n) is 3.32. The van der Waals surface area contributed by atoms with Crippen molar-refractivity contribution >= 4 is 12.4 Å². The van der Waals surface area contributed by atoms with Gasteiger partial charge in [0.25, 0.3) is 0 Å². The van der Waals surface area contributed by atoms with Crippen molar-refractivity contribution in [3.63, 3.8) is 0 Å². The fraction of sp³-hybridized carbons (Fsp3) is 0.857. The van der Waals surface area contributed by atoms with Crippen molar-refractivity contribution in [2.24, 2.45) is 5.92 Å². The fourth-order valence-corrected chi connectivity index (χ4v) is 3.32. The SMILES string of the molecule is COC1(c2noc(CC3CCNCC3)n2)CCCC1.Cl. The molecule has 1 saturated carbocycles. The summed E-state index contributed by atoms with van der Waals surface area (Å²) in [5, 5.41) is 7.56. The van der Waals surface area contributed by atoms with Crippen molar-refractivity contribution in [2.75, 3.05) is 20.2 Å². The molecule has 1 saturated heterocycles. The van der Waals surface area contributed by atoms with E-state index in [4.69, 9.17) is 9.26 Å². The molecule has 0 atom stereocenters. The van der Waals surface area contributed by atoms with Crippen LogP contribution in [-0.4, -0.2) is 30.3 Å². The Balaban J connectivity index is 0.00000147. The average Bonchev–Trinajstić information content (AvgIpc) is 3.09. The highest BCUT2D eigenvalue weighted by Crippen LogP contribution is 2.40. The number of hydrogen-bond donors (Lipinski definition) is 1. The highest BCUT2D eigenvalue weighted by atomic mass is 35.5. The number of nitrogens with one attached hydrogen (secondary N) is 1. The van der Waals surface area contributed by atoms with Gasteiger partial charge in [0.15, 0.2) is 0 Å². The summed E-state index contributed by atoms with van der Waals surface area (Å²) in [6.07, 6.45) is 7.71. The molecule has 2 heterocycles. The molecule has 2 aliphatic rings. The Bertz CT molecular complexity index is 412. The Morgan fingerprint density at radius 3 is 2.65 bits per heavy atom. The molecule has 20 heavy (non-hydrogen) atoms. The number of methoxy groups -OCH3 is 1. The number of hydrogen-bond acceptors (Lipinski definition) is 5. The molecule has 1 aromatic heterocycles. The van der Waals surface area contributed by atoms with Crippen molar-refractivity contribution in [3.8, 4) is 0 Å². The van der Waals surface area contributed by atoms with E-state index in [1.807, 2.05) is 0 Å². The third kappa shape index (κ3) is 3.15. The maximum atomic E-state index is 5.69. The van der Waals surface area contributed by atoms with Crippen molar-refractivity contribution in [2.45, 2.75) is 50.5 Å². The van der Waals surface area contributed by atoms with Gasteiger partial charge in [0, 0.05) is 13.5 Å². The third-order valence-corrected chi connectivity index (χ3v) is 4.60. The van der Waals surface area contributed by atoms with E-state index in [0.29, 0.717) is 5.92 Å². The molecule has 1 aliphatic carbocycles. The molecule has 5 nitrogen and oxygen atoms in total. The summed E-state index contributed by atoms with van der Waals surface area (Å²) in [6, 6.07) is 0. The Morgan fingerprint density at radius 2 is 2.00 bits per heavy atom. The predicted octanol–water partition coefficient (Wildman–Crippen LogP) is 2.45. The smallest absolute Gasteiger partial charge is 0.227 e. The van der Waals surface area contributed by atoms with Gasteiger partial charge < -0.3 is 14.6 Å². The van der Waals surface area contributed by atoms with Gasteiger partial charge in [-0.1, -0.05) is 5.16 Å². The van der Waals surface area contributed by atoms with Crippen LogP contribution in [0, 0.1) is 5.92 Å².